The van der Waals surface area contributed by atoms with E-state index in [-0.39, 0.29) is 0 Å². The number of rotatable bonds is 8. The summed E-state index contributed by atoms with van der Waals surface area (Å²) in [4.78, 5) is 0. The summed E-state index contributed by atoms with van der Waals surface area (Å²) in [6, 6.07) is 6.30. The molecule has 0 radical (unpaired) electrons. The van der Waals surface area contributed by atoms with Crippen LogP contribution in [0.4, 0.5) is 0 Å². The van der Waals surface area contributed by atoms with Crippen LogP contribution in [0.5, 0.6) is 0 Å². The topological polar surface area (TPSA) is 56.7 Å². The molecule has 1 aromatic heterocycles. The minimum atomic E-state index is 0.383. The number of benzene rings is 1. The molecular weight excluding hydrogens is 248 g/mol. The second-order valence-corrected chi connectivity index (χ2v) is 5.51. The van der Waals surface area contributed by atoms with Crippen LogP contribution in [0, 0.1) is 5.92 Å². The van der Waals surface area contributed by atoms with E-state index in [1.165, 1.54) is 37.7 Å². The number of unbranched alkanes of at least 4 members (excludes halogenated alkanes) is 1. The molecule has 1 aromatic carbocycles. The van der Waals surface area contributed by atoms with Crippen molar-refractivity contribution in [1.29, 1.82) is 0 Å². The van der Waals surface area contributed by atoms with E-state index in [0.717, 1.165) is 23.4 Å². The van der Waals surface area contributed by atoms with Gasteiger partial charge in [0.05, 0.1) is 12.2 Å². The van der Waals surface area contributed by atoms with E-state index >= 15 is 0 Å². The SMILES string of the molecule is CCCCC(CC)CCc1cccc2c1nnn2CN. The van der Waals surface area contributed by atoms with Crippen LogP contribution in [-0.2, 0) is 13.1 Å². The number of nitrogens with zero attached hydrogens (tertiary/aromatic N) is 3. The van der Waals surface area contributed by atoms with E-state index in [1.807, 2.05) is 6.07 Å². The van der Waals surface area contributed by atoms with Gasteiger partial charge in [-0.25, -0.2) is 4.68 Å². The number of fused-ring (bicyclic) bond motifs is 1. The van der Waals surface area contributed by atoms with Crippen molar-refractivity contribution in [2.45, 2.75) is 59.0 Å². The first-order valence-electron chi connectivity index (χ1n) is 7.81. The van der Waals surface area contributed by atoms with E-state index in [4.69, 9.17) is 5.73 Å². The molecule has 0 aliphatic rings. The van der Waals surface area contributed by atoms with E-state index in [9.17, 15) is 0 Å². The van der Waals surface area contributed by atoms with E-state index in [2.05, 4.69) is 36.3 Å². The molecule has 4 nitrogen and oxygen atoms in total. The van der Waals surface area contributed by atoms with Gasteiger partial charge in [-0.15, -0.1) is 5.10 Å². The normalized spacial score (nSPS) is 12.9. The van der Waals surface area contributed by atoms with Crippen LogP contribution in [-0.4, -0.2) is 15.0 Å². The molecule has 0 saturated carbocycles. The molecule has 0 saturated heterocycles. The summed E-state index contributed by atoms with van der Waals surface area (Å²) in [6.07, 6.45) is 7.57. The lowest BCUT2D eigenvalue weighted by Gasteiger charge is -2.14. The van der Waals surface area contributed by atoms with E-state index < -0.39 is 0 Å². The van der Waals surface area contributed by atoms with Crippen LogP contribution < -0.4 is 5.73 Å². The summed E-state index contributed by atoms with van der Waals surface area (Å²) in [6.45, 7) is 4.94. The zero-order valence-corrected chi connectivity index (χ0v) is 12.7. The van der Waals surface area contributed by atoms with Crippen molar-refractivity contribution in [2.24, 2.45) is 11.7 Å². The predicted molar refractivity (Wildman–Crippen MR) is 83.3 cm³/mol. The third-order valence-electron chi connectivity index (χ3n) is 4.17. The summed E-state index contributed by atoms with van der Waals surface area (Å²) < 4.78 is 1.76. The van der Waals surface area contributed by atoms with Gasteiger partial charge in [-0.2, -0.15) is 0 Å². The summed E-state index contributed by atoms with van der Waals surface area (Å²) in [5.74, 6) is 0.828. The quantitative estimate of drug-likeness (QED) is 0.801. The lowest BCUT2D eigenvalue weighted by Crippen LogP contribution is -2.08. The monoisotopic (exact) mass is 274 g/mol. The standard InChI is InChI=1S/C16H26N4/c1-3-5-7-13(4-2)10-11-14-8-6-9-15-16(14)18-19-20(15)12-17/h6,8-9,13H,3-5,7,10-12,17H2,1-2H3. The first-order chi connectivity index (χ1) is 9.80. The van der Waals surface area contributed by atoms with Crippen molar-refractivity contribution < 1.29 is 0 Å². The fourth-order valence-electron chi connectivity index (χ4n) is 2.79. The summed E-state index contributed by atoms with van der Waals surface area (Å²) in [5, 5.41) is 8.40. The van der Waals surface area contributed by atoms with Crippen LogP contribution in [0.25, 0.3) is 11.0 Å². The van der Waals surface area contributed by atoms with Gasteiger partial charge in [0.1, 0.15) is 5.52 Å². The molecule has 0 spiro atoms. The Morgan fingerprint density at radius 2 is 2.10 bits per heavy atom. The zero-order chi connectivity index (χ0) is 14.4. The molecule has 1 unspecified atom stereocenters. The first kappa shape index (κ1) is 15.0. The van der Waals surface area contributed by atoms with Gasteiger partial charge in [-0.3, -0.25) is 0 Å². The molecule has 20 heavy (non-hydrogen) atoms. The van der Waals surface area contributed by atoms with Gasteiger partial charge < -0.3 is 5.73 Å². The summed E-state index contributed by atoms with van der Waals surface area (Å²) >= 11 is 0. The molecule has 2 rings (SSSR count). The summed E-state index contributed by atoms with van der Waals surface area (Å²) in [7, 11) is 0. The smallest absolute Gasteiger partial charge is 0.116 e. The van der Waals surface area contributed by atoms with Crippen molar-refractivity contribution >= 4 is 11.0 Å². The Morgan fingerprint density at radius 1 is 1.25 bits per heavy atom. The maximum atomic E-state index is 5.67. The van der Waals surface area contributed by atoms with Gasteiger partial charge in [0.25, 0.3) is 0 Å². The Balaban J connectivity index is 2.07. The highest BCUT2D eigenvalue weighted by molar-refractivity contribution is 5.78. The molecule has 4 heteroatoms. The van der Waals surface area contributed by atoms with Gasteiger partial charge in [0.2, 0.25) is 0 Å². The average molecular weight is 274 g/mol. The number of nitrogens with two attached hydrogens (primary N) is 1. The molecule has 0 aliphatic carbocycles. The van der Waals surface area contributed by atoms with Crippen molar-refractivity contribution in [3.05, 3.63) is 23.8 Å². The summed E-state index contributed by atoms with van der Waals surface area (Å²) in [5.41, 5.74) is 9.04. The average Bonchev–Trinajstić information content (AvgIpc) is 2.91. The van der Waals surface area contributed by atoms with Crippen LogP contribution >= 0.6 is 0 Å². The third kappa shape index (κ3) is 3.37. The molecule has 110 valence electrons. The van der Waals surface area contributed by atoms with Gasteiger partial charge in [-0.05, 0) is 30.4 Å². The highest BCUT2D eigenvalue weighted by Gasteiger charge is 2.11. The second kappa shape index (κ2) is 7.39. The molecule has 2 N–H and O–H groups in total. The molecular formula is C16H26N4. The molecule has 0 fully saturated rings. The third-order valence-corrected chi connectivity index (χ3v) is 4.17. The van der Waals surface area contributed by atoms with Crippen molar-refractivity contribution in [3.63, 3.8) is 0 Å². The van der Waals surface area contributed by atoms with Crippen molar-refractivity contribution in [3.8, 4) is 0 Å². The molecule has 0 aliphatic heterocycles. The van der Waals surface area contributed by atoms with Gasteiger partial charge in [-0.1, -0.05) is 56.9 Å². The lowest BCUT2D eigenvalue weighted by molar-refractivity contribution is 0.422. The van der Waals surface area contributed by atoms with Gasteiger partial charge >= 0.3 is 0 Å². The minimum absolute atomic E-state index is 0.383. The Hall–Kier alpha value is -1.42. The highest BCUT2D eigenvalue weighted by Crippen LogP contribution is 2.22. The number of aryl methyl sites for hydroxylation is 1. The number of hydrogen-bond donors (Lipinski definition) is 1. The van der Waals surface area contributed by atoms with E-state index in [0.29, 0.717) is 6.67 Å². The van der Waals surface area contributed by atoms with Crippen LogP contribution in [0.2, 0.25) is 0 Å². The van der Waals surface area contributed by atoms with Gasteiger partial charge in [0, 0.05) is 0 Å². The van der Waals surface area contributed by atoms with Crippen molar-refractivity contribution in [1.82, 2.24) is 15.0 Å². The Bertz CT molecular complexity index is 532. The van der Waals surface area contributed by atoms with E-state index in [1.54, 1.807) is 4.68 Å². The maximum Gasteiger partial charge on any atom is 0.116 e. The predicted octanol–water partition coefficient (Wildman–Crippen LogP) is 3.50. The largest absolute Gasteiger partial charge is 0.312 e. The Morgan fingerprint density at radius 3 is 2.80 bits per heavy atom. The fourth-order valence-corrected chi connectivity index (χ4v) is 2.79. The molecule has 2 aromatic rings. The lowest BCUT2D eigenvalue weighted by atomic mass is 9.92. The van der Waals surface area contributed by atoms with Crippen molar-refractivity contribution in [2.75, 3.05) is 0 Å². The number of aromatic nitrogens is 3. The second-order valence-electron chi connectivity index (χ2n) is 5.51. The van der Waals surface area contributed by atoms with Gasteiger partial charge in [0.15, 0.2) is 0 Å². The Kier molecular flexibility index (Phi) is 5.53. The zero-order valence-electron chi connectivity index (χ0n) is 12.7. The molecule has 0 bridgehead atoms. The Labute approximate surface area is 121 Å². The minimum Gasteiger partial charge on any atom is -0.312 e. The first-order valence-corrected chi connectivity index (χ1v) is 7.81. The molecule has 1 atom stereocenters. The van der Waals surface area contributed by atoms with Crippen LogP contribution in [0.3, 0.4) is 0 Å². The maximum absolute atomic E-state index is 5.67. The van der Waals surface area contributed by atoms with Crippen LogP contribution in [0.15, 0.2) is 18.2 Å². The highest BCUT2D eigenvalue weighted by atomic mass is 15.4. The molecule has 1 heterocycles. The van der Waals surface area contributed by atoms with Crippen LogP contribution in [0.1, 0.15) is 51.5 Å². The fraction of sp³-hybridized carbons (Fsp3) is 0.625. The molecule has 0 amide bonds. The number of hydrogen-bond acceptors (Lipinski definition) is 3.